The highest BCUT2D eigenvalue weighted by molar-refractivity contribution is 7.99. The van der Waals surface area contributed by atoms with Crippen molar-refractivity contribution in [2.75, 3.05) is 5.75 Å². The van der Waals surface area contributed by atoms with Gasteiger partial charge in [-0.15, -0.1) is 0 Å². The SMILES string of the molecule is CC(C)CCSC(C(C)C)C(N)c1ccccc1. The van der Waals surface area contributed by atoms with Gasteiger partial charge in [-0.1, -0.05) is 58.0 Å². The predicted molar refractivity (Wildman–Crippen MR) is 83.9 cm³/mol. The minimum absolute atomic E-state index is 0.142. The normalized spacial score (nSPS) is 15.1. The summed E-state index contributed by atoms with van der Waals surface area (Å²) in [7, 11) is 0. The van der Waals surface area contributed by atoms with Gasteiger partial charge in [-0.2, -0.15) is 11.8 Å². The van der Waals surface area contributed by atoms with Gasteiger partial charge in [-0.3, -0.25) is 0 Å². The summed E-state index contributed by atoms with van der Waals surface area (Å²) in [6, 6.07) is 10.6. The molecular weight excluding hydrogens is 238 g/mol. The Kier molecular flexibility index (Phi) is 6.80. The fourth-order valence-electron chi connectivity index (χ4n) is 2.02. The molecule has 102 valence electrons. The van der Waals surface area contributed by atoms with Gasteiger partial charge in [0.05, 0.1) is 0 Å². The fraction of sp³-hybridized carbons (Fsp3) is 0.625. The van der Waals surface area contributed by atoms with Crippen LogP contribution >= 0.6 is 11.8 Å². The molecule has 0 spiro atoms. The summed E-state index contributed by atoms with van der Waals surface area (Å²) in [5, 5.41) is 0.506. The van der Waals surface area contributed by atoms with Crippen molar-refractivity contribution in [1.82, 2.24) is 0 Å². The van der Waals surface area contributed by atoms with Gasteiger partial charge < -0.3 is 5.73 Å². The molecule has 0 heterocycles. The van der Waals surface area contributed by atoms with Gasteiger partial charge in [-0.25, -0.2) is 0 Å². The third-order valence-electron chi connectivity index (χ3n) is 3.20. The van der Waals surface area contributed by atoms with E-state index in [1.807, 2.05) is 17.8 Å². The molecule has 0 amide bonds. The first-order valence-corrected chi connectivity index (χ1v) is 7.99. The van der Waals surface area contributed by atoms with Crippen LogP contribution in [-0.2, 0) is 0 Å². The molecule has 0 aliphatic carbocycles. The third-order valence-corrected chi connectivity index (χ3v) is 4.89. The largest absolute Gasteiger partial charge is 0.323 e. The summed E-state index contributed by atoms with van der Waals surface area (Å²) in [6.07, 6.45) is 1.27. The van der Waals surface area contributed by atoms with Gasteiger partial charge in [0.15, 0.2) is 0 Å². The molecule has 0 fully saturated rings. The summed E-state index contributed by atoms with van der Waals surface area (Å²) in [6.45, 7) is 9.11. The molecule has 2 unspecified atom stereocenters. The number of nitrogens with two attached hydrogens (primary N) is 1. The van der Waals surface area contributed by atoms with Crippen LogP contribution in [0.3, 0.4) is 0 Å². The van der Waals surface area contributed by atoms with Crippen LogP contribution in [0.5, 0.6) is 0 Å². The highest BCUT2D eigenvalue weighted by atomic mass is 32.2. The van der Waals surface area contributed by atoms with Gasteiger partial charge in [0.25, 0.3) is 0 Å². The Morgan fingerprint density at radius 2 is 1.67 bits per heavy atom. The quantitative estimate of drug-likeness (QED) is 0.786. The summed E-state index contributed by atoms with van der Waals surface area (Å²) in [4.78, 5) is 0. The number of rotatable bonds is 7. The maximum Gasteiger partial charge on any atom is 0.0418 e. The topological polar surface area (TPSA) is 26.0 Å². The van der Waals surface area contributed by atoms with Crippen molar-refractivity contribution in [3.05, 3.63) is 35.9 Å². The first-order chi connectivity index (χ1) is 8.52. The third kappa shape index (κ3) is 5.03. The Bertz CT molecular complexity index is 321. The van der Waals surface area contributed by atoms with Crippen LogP contribution in [0.2, 0.25) is 0 Å². The van der Waals surface area contributed by atoms with E-state index in [1.54, 1.807) is 0 Å². The van der Waals surface area contributed by atoms with E-state index in [1.165, 1.54) is 17.7 Å². The zero-order chi connectivity index (χ0) is 13.5. The minimum Gasteiger partial charge on any atom is -0.323 e. The molecule has 1 aromatic carbocycles. The van der Waals surface area contributed by atoms with Crippen molar-refractivity contribution in [1.29, 1.82) is 0 Å². The van der Waals surface area contributed by atoms with E-state index in [0.29, 0.717) is 11.2 Å². The molecule has 0 aliphatic rings. The van der Waals surface area contributed by atoms with Gasteiger partial charge in [0.2, 0.25) is 0 Å². The molecule has 0 saturated carbocycles. The molecule has 0 saturated heterocycles. The average Bonchev–Trinajstić information content (AvgIpc) is 2.34. The maximum atomic E-state index is 6.44. The van der Waals surface area contributed by atoms with Crippen molar-refractivity contribution in [3.63, 3.8) is 0 Å². The minimum atomic E-state index is 0.142. The van der Waals surface area contributed by atoms with Crippen LogP contribution in [0.4, 0.5) is 0 Å². The summed E-state index contributed by atoms with van der Waals surface area (Å²) in [5.41, 5.74) is 7.69. The highest BCUT2D eigenvalue weighted by Crippen LogP contribution is 2.31. The molecule has 0 bridgehead atoms. The molecular formula is C16H27NS. The van der Waals surface area contributed by atoms with Crippen molar-refractivity contribution < 1.29 is 0 Å². The molecule has 2 heteroatoms. The number of hydrogen-bond donors (Lipinski definition) is 1. The second-order valence-electron chi connectivity index (χ2n) is 5.70. The van der Waals surface area contributed by atoms with Crippen molar-refractivity contribution in [2.45, 2.75) is 45.4 Å². The predicted octanol–water partition coefficient (Wildman–Crippen LogP) is 4.49. The molecule has 0 aliphatic heterocycles. The van der Waals surface area contributed by atoms with E-state index in [9.17, 15) is 0 Å². The Morgan fingerprint density at radius 1 is 1.06 bits per heavy atom. The zero-order valence-corrected chi connectivity index (χ0v) is 12.9. The summed E-state index contributed by atoms with van der Waals surface area (Å²) in [5.74, 6) is 2.59. The standard InChI is InChI=1S/C16H27NS/c1-12(2)10-11-18-16(13(3)4)15(17)14-8-6-5-7-9-14/h5-9,12-13,15-16H,10-11,17H2,1-4H3. The van der Waals surface area contributed by atoms with E-state index in [2.05, 4.69) is 52.0 Å². The van der Waals surface area contributed by atoms with Gasteiger partial charge in [-0.05, 0) is 29.6 Å². The van der Waals surface area contributed by atoms with E-state index in [4.69, 9.17) is 5.73 Å². The number of benzene rings is 1. The lowest BCUT2D eigenvalue weighted by molar-refractivity contribution is 0.526. The average molecular weight is 265 g/mol. The summed E-state index contributed by atoms with van der Waals surface area (Å²) >= 11 is 2.04. The highest BCUT2D eigenvalue weighted by Gasteiger charge is 2.22. The van der Waals surface area contributed by atoms with Crippen LogP contribution < -0.4 is 5.73 Å². The molecule has 1 nitrogen and oxygen atoms in total. The van der Waals surface area contributed by atoms with Crippen LogP contribution in [0.15, 0.2) is 30.3 Å². The van der Waals surface area contributed by atoms with Crippen molar-refractivity contribution in [2.24, 2.45) is 17.6 Å². The Balaban J connectivity index is 2.61. The lowest BCUT2D eigenvalue weighted by Crippen LogP contribution is -2.28. The van der Waals surface area contributed by atoms with Crippen LogP contribution in [0.1, 0.15) is 45.7 Å². The van der Waals surface area contributed by atoms with Crippen molar-refractivity contribution in [3.8, 4) is 0 Å². The first kappa shape index (κ1) is 15.6. The van der Waals surface area contributed by atoms with E-state index in [-0.39, 0.29) is 6.04 Å². The smallest absolute Gasteiger partial charge is 0.0418 e. The first-order valence-electron chi connectivity index (χ1n) is 6.94. The molecule has 1 aromatic rings. The lowest BCUT2D eigenvalue weighted by Gasteiger charge is -2.27. The Morgan fingerprint density at radius 3 is 2.17 bits per heavy atom. The van der Waals surface area contributed by atoms with E-state index in [0.717, 1.165) is 5.92 Å². The van der Waals surface area contributed by atoms with E-state index < -0.39 is 0 Å². The van der Waals surface area contributed by atoms with Crippen LogP contribution in [-0.4, -0.2) is 11.0 Å². The van der Waals surface area contributed by atoms with E-state index >= 15 is 0 Å². The second-order valence-corrected chi connectivity index (χ2v) is 6.98. The zero-order valence-electron chi connectivity index (χ0n) is 12.1. The van der Waals surface area contributed by atoms with Gasteiger partial charge >= 0.3 is 0 Å². The second kappa shape index (κ2) is 7.85. The molecule has 2 N–H and O–H groups in total. The fourth-order valence-corrected chi connectivity index (χ4v) is 3.64. The Labute approximate surface area is 117 Å². The Hall–Kier alpha value is -0.470. The summed E-state index contributed by atoms with van der Waals surface area (Å²) < 4.78 is 0. The van der Waals surface area contributed by atoms with Crippen molar-refractivity contribution >= 4 is 11.8 Å². The number of hydrogen-bond acceptors (Lipinski definition) is 2. The molecule has 0 aromatic heterocycles. The number of thioether (sulfide) groups is 1. The molecule has 2 atom stereocenters. The lowest BCUT2D eigenvalue weighted by atomic mass is 9.97. The van der Waals surface area contributed by atoms with Gasteiger partial charge in [0.1, 0.15) is 0 Å². The van der Waals surface area contributed by atoms with Crippen LogP contribution in [0.25, 0.3) is 0 Å². The molecule has 1 rings (SSSR count). The van der Waals surface area contributed by atoms with Gasteiger partial charge in [0, 0.05) is 11.3 Å². The monoisotopic (exact) mass is 265 g/mol. The molecule has 0 radical (unpaired) electrons. The molecule has 18 heavy (non-hydrogen) atoms. The van der Waals surface area contributed by atoms with Crippen LogP contribution in [0, 0.1) is 11.8 Å². The maximum absolute atomic E-state index is 6.44.